The average molecular weight is 584 g/mol. The van der Waals surface area contributed by atoms with Crippen LogP contribution in [0.3, 0.4) is 0 Å². The molecule has 0 radical (unpaired) electrons. The lowest BCUT2D eigenvalue weighted by Gasteiger charge is -2.16. The number of hydrogen-bond acceptors (Lipinski definition) is 6. The highest BCUT2D eigenvalue weighted by Gasteiger charge is 2.40. The molecule has 0 fully saturated rings. The van der Waals surface area contributed by atoms with Gasteiger partial charge in [0.1, 0.15) is 16.4 Å². The van der Waals surface area contributed by atoms with Crippen LogP contribution in [-0.2, 0) is 9.59 Å². The van der Waals surface area contributed by atoms with Gasteiger partial charge >= 0.3 is 0 Å². The van der Waals surface area contributed by atoms with Gasteiger partial charge in [0.15, 0.2) is 0 Å². The molecule has 0 bridgehead atoms. The quantitative estimate of drug-likeness (QED) is 0.213. The SMILES string of the molecule is COc1ccc(C)cc1NC1=C(Sc2ccc(NC(=O)c3ccccc3Cl)cc2)C(=O)N(c2ccc(C)cc2)C1=O. The van der Waals surface area contributed by atoms with E-state index in [0.29, 0.717) is 38.3 Å². The molecule has 0 aliphatic carbocycles. The summed E-state index contributed by atoms with van der Waals surface area (Å²) in [6, 6.07) is 26.6. The number of benzene rings is 4. The lowest BCUT2D eigenvalue weighted by molar-refractivity contribution is -0.120. The molecule has 2 N–H and O–H groups in total. The Balaban J connectivity index is 1.45. The van der Waals surface area contributed by atoms with Crippen molar-refractivity contribution in [1.29, 1.82) is 0 Å². The van der Waals surface area contributed by atoms with E-state index in [1.807, 2.05) is 38.1 Å². The second-order valence-electron chi connectivity index (χ2n) is 9.37. The van der Waals surface area contributed by atoms with Crippen molar-refractivity contribution in [3.8, 4) is 5.75 Å². The molecule has 0 aromatic heterocycles. The van der Waals surface area contributed by atoms with Crippen molar-refractivity contribution in [2.24, 2.45) is 0 Å². The molecule has 5 rings (SSSR count). The Morgan fingerprint density at radius 2 is 1.54 bits per heavy atom. The summed E-state index contributed by atoms with van der Waals surface area (Å²) in [7, 11) is 1.55. The molecular weight excluding hydrogens is 558 g/mol. The maximum absolute atomic E-state index is 13.7. The highest BCUT2D eigenvalue weighted by molar-refractivity contribution is 8.04. The summed E-state index contributed by atoms with van der Waals surface area (Å²) >= 11 is 7.31. The molecule has 4 aromatic carbocycles. The van der Waals surface area contributed by atoms with Crippen LogP contribution in [0.1, 0.15) is 21.5 Å². The van der Waals surface area contributed by atoms with Crippen LogP contribution in [0.25, 0.3) is 0 Å². The predicted octanol–water partition coefficient (Wildman–Crippen LogP) is 7.21. The summed E-state index contributed by atoms with van der Waals surface area (Å²) in [4.78, 5) is 42.2. The number of ether oxygens (including phenoxy) is 1. The molecule has 1 aliphatic heterocycles. The zero-order chi connectivity index (χ0) is 29.1. The molecule has 0 spiro atoms. The van der Waals surface area contributed by atoms with E-state index in [1.165, 1.54) is 16.7 Å². The third kappa shape index (κ3) is 5.99. The number of hydrogen-bond donors (Lipinski definition) is 2. The van der Waals surface area contributed by atoms with Crippen LogP contribution in [0.2, 0.25) is 5.02 Å². The molecule has 0 saturated carbocycles. The minimum atomic E-state index is -0.464. The van der Waals surface area contributed by atoms with E-state index >= 15 is 0 Å². The molecule has 0 unspecified atom stereocenters. The minimum Gasteiger partial charge on any atom is -0.495 e. The zero-order valence-electron chi connectivity index (χ0n) is 22.5. The summed E-state index contributed by atoms with van der Waals surface area (Å²) < 4.78 is 5.49. The van der Waals surface area contributed by atoms with Crippen molar-refractivity contribution >= 4 is 58.1 Å². The number of methoxy groups -OCH3 is 1. The largest absolute Gasteiger partial charge is 0.495 e. The summed E-state index contributed by atoms with van der Waals surface area (Å²) in [6.07, 6.45) is 0. The van der Waals surface area contributed by atoms with Crippen LogP contribution < -0.4 is 20.3 Å². The minimum absolute atomic E-state index is 0.153. The maximum Gasteiger partial charge on any atom is 0.283 e. The summed E-state index contributed by atoms with van der Waals surface area (Å²) in [5, 5.41) is 6.36. The number of anilines is 3. The molecule has 9 heteroatoms. The fourth-order valence-corrected chi connectivity index (χ4v) is 5.41. The number of imide groups is 1. The topological polar surface area (TPSA) is 87.7 Å². The smallest absolute Gasteiger partial charge is 0.283 e. The first-order valence-electron chi connectivity index (χ1n) is 12.7. The summed E-state index contributed by atoms with van der Waals surface area (Å²) in [5.41, 5.74) is 4.11. The van der Waals surface area contributed by atoms with Crippen molar-refractivity contribution in [3.05, 3.63) is 123 Å². The molecular formula is C32H26ClN3O4S. The van der Waals surface area contributed by atoms with E-state index in [-0.39, 0.29) is 16.5 Å². The lowest BCUT2D eigenvalue weighted by Crippen LogP contribution is -2.32. The van der Waals surface area contributed by atoms with Gasteiger partial charge in [-0.15, -0.1) is 0 Å². The second kappa shape index (κ2) is 11.9. The van der Waals surface area contributed by atoms with Crippen LogP contribution in [0.5, 0.6) is 5.75 Å². The number of carbonyl (C=O) groups excluding carboxylic acids is 3. The van der Waals surface area contributed by atoms with Gasteiger partial charge in [-0.05, 0) is 80.1 Å². The summed E-state index contributed by atoms with van der Waals surface area (Å²) in [6.45, 7) is 3.87. The predicted molar refractivity (Wildman–Crippen MR) is 164 cm³/mol. The first-order chi connectivity index (χ1) is 19.7. The highest BCUT2D eigenvalue weighted by Crippen LogP contribution is 2.39. The molecule has 41 heavy (non-hydrogen) atoms. The van der Waals surface area contributed by atoms with Crippen molar-refractivity contribution in [1.82, 2.24) is 0 Å². The third-order valence-corrected chi connectivity index (χ3v) is 7.82. The van der Waals surface area contributed by atoms with Gasteiger partial charge in [-0.2, -0.15) is 0 Å². The van der Waals surface area contributed by atoms with Crippen LogP contribution in [0, 0.1) is 13.8 Å². The molecule has 1 heterocycles. The normalized spacial score (nSPS) is 13.0. The standard InChI is InChI=1S/C32H26ClN3O4S/c1-19-8-13-22(14-9-19)36-31(38)28(35-26-18-20(2)10-17-27(26)40-3)29(32(36)39)41-23-15-11-21(12-16-23)34-30(37)24-6-4-5-7-25(24)33/h4-18,35H,1-3H3,(H,34,37). The van der Waals surface area contributed by atoms with Gasteiger partial charge in [0.2, 0.25) is 0 Å². The Morgan fingerprint density at radius 1 is 0.854 bits per heavy atom. The van der Waals surface area contributed by atoms with E-state index in [0.717, 1.165) is 11.1 Å². The fraction of sp³-hybridized carbons (Fsp3) is 0.0938. The number of nitrogens with zero attached hydrogens (tertiary/aromatic N) is 1. The number of thioether (sulfide) groups is 1. The number of rotatable bonds is 8. The number of carbonyl (C=O) groups is 3. The number of nitrogens with one attached hydrogen (secondary N) is 2. The summed E-state index contributed by atoms with van der Waals surface area (Å²) in [5.74, 6) is -0.690. The van der Waals surface area contributed by atoms with Crippen molar-refractivity contribution < 1.29 is 19.1 Å². The Bertz CT molecular complexity index is 1680. The number of amides is 3. The van der Waals surface area contributed by atoms with Gasteiger partial charge in [0.05, 0.1) is 29.1 Å². The lowest BCUT2D eigenvalue weighted by atomic mass is 10.2. The Morgan fingerprint density at radius 3 is 2.22 bits per heavy atom. The third-order valence-electron chi connectivity index (χ3n) is 6.40. The van der Waals surface area contributed by atoms with Crippen LogP contribution in [0.4, 0.5) is 17.1 Å². The first kappa shape index (κ1) is 28.0. The maximum atomic E-state index is 13.7. The first-order valence-corrected chi connectivity index (χ1v) is 13.9. The van der Waals surface area contributed by atoms with E-state index in [4.69, 9.17) is 16.3 Å². The molecule has 0 atom stereocenters. The fourth-order valence-electron chi connectivity index (χ4n) is 4.27. The van der Waals surface area contributed by atoms with E-state index < -0.39 is 11.8 Å². The molecule has 7 nitrogen and oxygen atoms in total. The Kier molecular flexibility index (Phi) is 8.14. The number of halogens is 1. The Hall–Kier alpha value is -4.53. The van der Waals surface area contributed by atoms with Crippen LogP contribution in [0.15, 0.2) is 106 Å². The molecule has 0 saturated heterocycles. The zero-order valence-corrected chi connectivity index (χ0v) is 24.1. The van der Waals surface area contributed by atoms with Crippen LogP contribution in [-0.4, -0.2) is 24.8 Å². The van der Waals surface area contributed by atoms with Gasteiger partial charge < -0.3 is 15.4 Å². The average Bonchev–Trinajstić information content (AvgIpc) is 3.18. The van der Waals surface area contributed by atoms with E-state index in [1.54, 1.807) is 73.8 Å². The van der Waals surface area contributed by atoms with Crippen molar-refractivity contribution in [2.45, 2.75) is 18.7 Å². The van der Waals surface area contributed by atoms with Gasteiger partial charge in [-0.25, -0.2) is 4.90 Å². The second-order valence-corrected chi connectivity index (χ2v) is 10.9. The number of aryl methyl sites for hydroxylation is 2. The molecule has 206 valence electrons. The molecule has 1 aliphatic rings. The monoisotopic (exact) mass is 583 g/mol. The van der Waals surface area contributed by atoms with Crippen molar-refractivity contribution in [3.63, 3.8) is 0 Å². The highest BCUT2D eigenvalue weighted by atomic mass is 35.5. The van der Waals surface area contributed by atoms with Gasteiger partial charge in [-0.1, -0.05) is 59.3 Å². The van der Waals surface area contributed by atoms with Crippen molar-refractivity contribution in [2.75, 3.05) is 22.6 Å². The van der Waals surface area contributed by atoms with Crippen LogP contribution >= 0.6 is 23.4 Å². The van der Waals surface area contributed by atoms with Gasteiger partial charge in [-0.3, -0.25) is 14.4 Å². The van der Waals surface area contributed by atoms with Gasteiger partial charge in [0, 0.05) is 10.6 Å². The Labute approximate surface area is 247 Å². The van der Waals surface area contributed by atoms with Gasteiger partial charge in [0.25, 0.3) is 17.7 Å². The van der Waals surface area contributed by atoms with E-state index in [9.17, 15) is 14.4 Å². The molecule has 3 amide bonds. The van der Waals surface area contributed by atoms with E-state index in [2.05, 4.69) is 10.6 Å². The molecule has 4 aromatic rings.